The van der Waals surface area contributed by atoms with Crippen molar-refractivity contribution in [3.63, 3.8) is 0 Å². The monoisotopic (exact) mass is 302 g/mol. The highest BCUT2D eigenvalue weighted by atomic mass is 35.5. The van der Waals surface area contributed by atoms with Crippen LogP contribution in [0.2, 0.25) is 5.02 Å². The molecule has 1 aromatic heterocycles. The second kappa shape index (κ2) is 6.14. The molecule has 0 aliphatic carbocycles. The lowest BCUT2D eigenvalue weighted by Crippen LogP contribution is -2.56. The van der Waals surface area contributed by atoms with Crippen molar-refractivity contribution in [1.29, 1.82) is 0 Å². The molecular weight excluding hydrogens is 288 g/mol. The number of hydrogen-bond donors (Lipinski definition) is 0. The molecule has 0 saturated carbocycles. The molecule has 0 radical (unpaired) electrons. The van der Waals surface area contributed by atoms with E-state index >= 15 is 0 Å². The summed E-state index contributed by atoms with van der Waals surface area (Å²) in [6.45, 7) is 1.21. The van der Waals surface area contributed by atoms with Gasteiger partial charge in [0.1, 0.15) is 6.10 Å². The third kappa shape index (κ3) is 3.52. The topological polar surface area (TPSA) is 42.4 Å². The van der Waals surface area contributed by atoms with Crippen LogP contribution < -0.4 is 4.74 Å². The fourth-order valence-electron chi connectivity index (χ4n) is 2.20. The van der Waals surface area contributed by atoms with Gasteiger partial charge in [-0.05, 0) is 11.6 Å². The molecule has 1 amide bonds. The molecule has 0 atom stereocenters. The van der Waals surface area contributed by atoms with Gasteiger partial charge in [0.05, 0.1) is 24.5 Å². The first-order chi connectivity index (χ1) is 10.2. The SMILES string of the molecule is O=C(Cc1ccccc1)N1CC(Oc2ccc(Cl)cn2)C1. The third-order valence-electron chi connectivity index (χ3n) is 3.39. The minimum absolute atomic E-state index is 0.0124. The zero-order valence-corrected chi connectivity index (χ0v) is 12.2. The number of carbonyl (C=O) groups excluding carboxylic acids is 1. The molecule has 1 fully saturated rings. The molecule has 0 spiro atoms. The molecule has 3 rings (SSSR count). The lowest BCUT2D eigenvalue weighted by molar-refractivity contribution is -0.139. The number of likely N-dealkylation sites (tertiary alicyclic amines) is 1. The van der Waals surface area contributed by atoms with E-state index in [1.165, 1.54) is 0 Å². The Kier molecular flexibility index (Phi) is 4.06. The molecule has 2 heterocycles. The first-order valence-corrected chi connectivity index (χ1v) is 7.18. The van der Waals surface area contributed by atoms with Gasteiger partial charge in [-0.3, -0.25) is 4.79 Å². The van der Waals surface area contributed by atoms with Crippen LogP contribution in [0.1, 0.15) is 5.56 Å². The van der Waals surface area contributed by atoms with E-state index in [-0.39, 0.29) is 12.0 Å². The van der Waals surface area contributed by atoms with E-state index in [0.29, 0.717) is 30.4 Å². The number of nitrogens with zero attached hydrogens (tertiary/aromatic N) is 2. The van der Waals surface area contributed by atoms with E-state index in [0.717, 1.165) is 5.56 Å². The zero-order valence-electron chi connectivity index (χ0n) is 11.4. The van der Waals surface area contributed by atoms with E-state index < -0.39 is 0 Å². The fraction of sp³-hybridized carbons (Fsp3) is 0.250. The van der Waals surface area contributed by atoms with Crippen LogP contribution in [0.15, 0.2) is 48.7 Å². The summed E-state index contributed by atoms with van der Waals surface area (Å²) >= 11 is 5.77. The number of pyridine rings is 1. The Morgan fingerprint density at radius 2 is 2.00 bits per heavy atom. The number of carbonyl (C=O) groups is 1. The molecule has 0 N–H and O–H groups in total. The number of rotatable bonds is 4. The summed E-state index contributed by atoms with van der Waals surface area (Å²) in [5, 5.41) is 0.579. The van der Waals surface area contributed by atoms with Gasteiger partial charge in [-0.2, -0.15) is 0 Å². The van der Waals surface area contributed by atoms with Gasteiger partial charge >= 0.3 is 0 Å². The second-order valence-electron chi connectivity index (χ2n) is 5.02. The predicted octanol–water partition coefficient (Wildman–Crippen LogP) is 2.57. The Balaban J connectivity index is 1.47. The van der Waals surface area contributed by atoms with Crippen LogP contribution in [0.4, 0.5) is 0 Å². The smallest absolute Gasteiger partial charge is 0.227 e. The molecule has 5 heteroatoms. The summed E-state index contributed by atoms with van der Waals surface area (Å²) in [6.07, 6.45) is 2.00. The minimum Gasteiger partial charge on any atom is -0.471 e. The van der Waals surface area contributed by atoms with Crippen molar-refractivity contribution in [3.8, 4) is 5.88 Å². The molecule has 1 aliphatic rings. The number of benzene rings is 1. The van der Waals surface area contributed by atoms with Crippen LogP contribution in [-0.2, 0) is 11.2 Å². The van der Waals surface area contributed by atoms with Crippen molar-refractivity contribution in [2.24, 2.45) is 0 Å². The van der Waals surface area contributed by atoms with Crippen LogP contribution in [0.5, 0.6) is 5.88 Å². The Bertz CT molecular complexity index is 610. The van der Waals surface area contributed by atoms with E-state index in [2.05, 4.69) is 4.98 Å². The summed E-state index contributed by atoms with van der Waals surface area (Å²) in [5.41, 5.74) is 1.03. The fourth-order valence-corrected chi connectivity index (χ4v) is 2.31. The molecule has 21 heavy (non-hydrogen) atoms. The highest BCUT2D eigenvalue weighted by Crippen LogP contribution is 2.18. The van der Waals surface area contributed by atoms with E-state index in [4.69, 9.17) is 16.3 Å². The highest BCUT2D eigenvalue weighted by molar-refractivity contribution is 6.30. The maximum Gasteiger partial charge on any atom is 0.227 e. The molecule has 1 aliphatic heterocycles. The van der Waals surface area contributed by atoms with Gasteiger partial charge in [-0.15, -0.1) is 0 Å². The van der Waals surface area contributed by atoms with Gasteiger partial charge in [-0.1, -0.05) is 41.9 Å². The molecule has 0 unspecified atom stereocenters. The van der Waals surface area contributed by atoms with Crippen LogP contribution >= 0.6 is 11.6 Å². The average molecular weight is 303 g/mol. The highest BCUT2D eigenvalue weighted by Gasteiger charge is 2.32. The quantitative estimate of drug-likeness (QED) is 0.872. The van der Waals surface area contributed by atoms with Gasteiger partial charge in [0.2, 0.25) is 11.8 Å². The number of hydrogen-bond acceptors (Lipinski definition) is 3. The van der Waals surface area contributed by atoms with Gasteiger partial charge < -0.3 is 9.64 Å². The summed E-state index contributed by atoms with van der Waals surface area (Å²) in [7, 11) is 0. The Hall–Kier alpha value is -2.07. The molecule has 1 saturated heterocycles. The van der Waals surface area contributed by atoms with E-state index in [9.17, 15) is 4.79 Å². The number of aromatic nitrogens is 1. The molecular formula is C16H15ClN2O2. The normalized spacial score (nSPS) is 14.6. The Morgan fingerprint density at radius 1 is 1.24 bits per heavy atom. The van der Waals surface area contributed by atoms with Crippen LogP contribution in [0, 0.1) is 0 Å². The van der Waals surface area contributed by atoms with Crippen molar-refractivity contribution in [3.05, 3.63) is 59.2 Å². The van der Waals surface area contributed by atoms with Gasteiger partial charge in [0.15, 0.2) is 0 Å². The molecule has 108 valence electrons. The Morgan fingerprint density at radius 3 is 2.67 bits per heavy atom. The predicted molar refractivity (Wildman–Crippen MR) is 80.4 cm³/mol. The first-order valence-electron chi connectivity index (χ1n) is 6.80. The summed E-state index contributed by atoms with van der Waals surface area (Å²) < 4.78 is 5.67. The van der Waals surface area contributed by atoms with Crippen molar-refractivity contribution >= 4 is 17.5 Å². The van der Waals surface area contributed by atoms with Gasteiger partial charge in [0.25, 0.3) is 0 Å². The van der Waals surface area contributed by atoms with Crippen molar-refractivity contribution in [2.45, 2.75) is 12.5 Å². The van der Waals surface area contributed by atoms with E-state index in [1.54, 1.807) is 23.2 Å². The number of halogens is 1. The maximum absolute atomic E-state index is 12.1. The van der Waals surface area contributed by atoms with Gasteiger partial charge in [0, 0.05) is 12.3 Å². The average Bonchev–Trinajstić information content (AvgIpc) is 2.45. The van der Waals surface area contributed by atoms with Crippen molar-refractivity contribution in [2.75, 3.05) is 13.1 Å². The molecule has 1 aromatic carbocycles. The first kappa shape index (κ1) is 13.9. The van der Waals surface area contributed by atoms with Crippen molar-refractivity contribution < 1.29 is 9.53 Å². The molecule has 0 bridgehead atoms. The standard InChI is InChI=1S/C16H15ClN2O2/c17-13-6-7-15(18-9-13)21-14-10-19(11-14)16(20)8-12-4-2-1-3-5-12/h1-7,9,14H,8,10-11H2. The van der Waals surface area contributed by atoms with Crippen LogP contribution in [-0.4, -0.2) is 35.0 Å². The molecule has 2 aromatic rings. The second-order valence-corrected chi connectivity index (χ2v) is 5.45. The number of ether oxygens (including phenoxy) is 1. The lowest BCUT2D eigenvalue weighted by Gasteiger charge is -2.38. The Labute approximate surface area is 128 Å². The number of amides is 1. The van der Waals surface area contributed by atoms with Crippen LogP contribution in [0.25, 0.3) is 0 Å². The van der Waals surface area contributed by atoms with Gasteiger partial charge in [-0.25, -0.2) is 4.98 Å². The van der Waals surface area contributed by atoms with Crippen LogP contribution in [0.3, 0.4) is 0 Å². The zero-order chi connectivity index (χ0) is 14.7. The van der Waals surface area contributed by atoms with E-state index in [1.807, 2.05) is 30.3 Å². The summed E-state index contributed by atoms with van der Waals surface area (Å²) in [6, 6.07) is 13.2. The minimum atomic E-state index is 0.0124. The molecule has 4 nitrogen and oxygen atoms in total. The summed E-state index contributed by atoms with van der Waals surface area (Å²) in [5.74, 6) is 0.671. The third-order valence-corrected chi connectivity index (χ3v) is 3.61. The maximum atomic E-state index is 12.1. The van der Waals surface area contributed by atoms with Crippen molar-refractivity contribution in [1.82, 2.24) is 9.88 Å². The largest absolute Gasteiger partial charge is 0.471 e. The lowest BCUT2D eigenvalue weighted by atomic mass is 10.1. The summed E-state index contributed by atoms with van der Waals surface area (Å²) in [4.78, 5) is 18.0.